The summed E-state index contributed by atoms with van der Waals surface area (Å²) in [5.41, 5.74) is -1.90. The first-order chi connectivity index (χ1) is 14.2. The van der Waals surface area contributed by atoms with Crippen LogP contribution in [0, 0.1) is 5.82 Å². The standard InChI is InChI=1S/C19H13F4N3O4/c1-29-16-7-11(20)3-5-14(16)30-15-6-10(19(21,22)23)2-4-13(15)18(28)25-12-8-17(27)26-24-9-12/h2-9H,1H3,(H2,25,26,27,28). The summed E-state index contributed by atoms with van der Waals surface area (Å²) in [7, 11) is 1.22. The highest BCUT2D eigenvalue weighted by atomic mass is 19.4. The Labute approximate surface area is 166 Å². The first-order valence-corrected chi connectivity index (χ1v) is 8.26. The minimum atomic E-state index is -4.70. The number of benzene rings is 2. The first-order valence-electron chi connectivity index (χ1n) is 8.26. The van der Waals surface area contributed by atoms with Gasteiger partial charge in [0.2, 0.25) is 0 Å². The van der Waals surface area contributed by atoms with Crippen molar-refractivity contribution >= 4 is 11.6 Å². The Bertz CT molecular complexity index is 1150. The van der Waals surface area contributed by atoms with Crippen molar-refractivity contribution in [1.82, 2.24) is 10.2 Å². The molecular formula is C19H13F4N3O4. The van der Waals surface area contributed by atoms with Gasteiger partial charge in [-0.2, -0.15) is 18.3 Å². The van der Waals surface area contributed by atoms with Crippen molar-refractivity contribution in [2.24, 2.45) is 0 Å². The Morgan fingerprint density at radius 3 is 2.50 bits per heavy atom. The number of nitrogens with one attached hydrogen (secondary N) is 2. The highest BCUT2D eigenvalue weighted by Gasteiger charge is 2.32. The normalized spacial score (nSPS) is 11.1. The molecule has 0 atom stereocenters. The second-order valence-electron chi connectivity index (χ2n) is 5.89. The lowest BCUT2D eigenvalue weighted by Gasteiger charge is -2.16. The summed E-state index contributed by atoms with van der Waals surface area (Å²) in [5, 5.41) is 7.98. The molecule has 0 saturated carbocycles. The van der Waals surface area contributed by atoms with E-state index in [4.69, 9.17) is 9.47 Å². The van der Waals surface area contributed by atoms with E-state index in [1.807, 2.05) is 0 Å². The Morgan fingerprint density at radius 2 is 1.83 bits per heavy atom. The predicted molar refractivity (Wildman–Crippen MR) is 97.3 cm³/mol. The van der Waals surface area contributed by atoms with Gasteiger partial charge in [-0.3, -0.25) is 9.59 Å². The molecule has 1 amide bonds. The van der Waals surface area contributed by atoms with Crippen LogP contribution < -0.4 is 20.3 Å². The number of H-pyrrole nitrogens is 1. The number of carbonyl (C=O) groups is 1. The van der Waals surface area contributed by atoms with Crippen molar-refractivity contribution in [2.75, 3.05) is 12.4 Å². The molecule has 3 rings (SSSR count). The Hall–Kier alpha value is -3.89. The van der Waals surface area contributed by atoms with Crippen LogP contribution in [0.5, 0.6) is 17.2 Å². The van der Waals surface area contributed by atoms with E-state index >= 15 is 0 Å². The van der Waals surface area contributed by atoms with Gasteiger partial charge >= 0.3 is 6.18 Å². The molecule has 0 unspecified atom stereocenters. The van der Waals surface area contributed by atoms with E-state index in [1.165, 1.54) is 7.11 Å². The van der Waals surface area contributed by atoms with Crippen LogP contribution in [0.25, 0.3) is 0 Å². The van der Waals surface area contributed by atoms with Gasteiger partial charge in [0.25, 0.3) is 11.5 Å². The van der Waals surface area contributed by atoms with Gasteiger partial charge in [0.1, 0.15) is 11.6 Å². The summed E-state index contributed by atoms with van der Waals surface area (Å²) >= 11 is 0. The number of aromatic nitrogens is 2. The van der Waals surface area contributed by atoms with Crippen LogP contribution in [-0.4, -0.2) is 23.2 Å². The highest BCUT2D eigenvalue weighted by molar-refractivity contribution is 6.06. The maximum Gasteiger partial charge on any atom is 0.416 e. The van der Waals surface area contributed by atoms with Gasteiger partial charge < -0.3 is 14.8 Å². The van der Waals surface area contributed by atoms with Crippen molar-refractivity contribution in [3.05, 3.63) is 76.0 Å². The summed E-state index contributed by atoms with van der Waals surface area (Å²) in [6.45, 7) is 0. The Morgan fingerprint density at radius 1 is 1.07 bits per heavy atom. The lowest BCUT2D eigenvalue weighted by molar-refractivity contribution is -0.137. The van der Waals surface area contributed by atoms with Crippen molar-refractivity contribution in [1.29, 1.82) is 0 Å². The third-order valence-corrected chi connectivity index (χ3v) is 3.82. The third-order valence-electron chi connectivity index (χ3n) is 3.82. The molecule has 0 aliphatic heterocycles. The fourth-order valence-electron chi connectivity index (χ4n) is 2.46. The molecule has 0 bridgehead atoms. The molecule has 0 aliphatic carbocycles. The van der Waals surface area contributed by atoms with Gasteiger partial charge in [0.05, 0.1) is 30.1 Å². The lowest BCUT2D eigenvalue weighted by atomic mass is 10.1. The maximum atomic E-state index is 13.4. The predicted octanol–water partition coefficient (Wildman–Crippen LogP) is 3.98. The lowest BCUT2D eigenvalue weighted by Crippen LogP contribution is -2.17. The Kier molecular flexibility index (Phi) is 5.72. The molecule has 0 aliphatic rings. The van der Waals surface area contributed by atoms with E-state index in [0.29, 0.717) is 12.1 Å². The number of rotatable bonds is 5. The minimum Gasteiger partial charge on any atom is -0.493 e. The van der Waals surface area contributed by atoms with Crippen molar-refractivity contribution < 1.29 is 31.8 Å². The molecule has 0 fully saturated rings. The van der Waals surface area contributed by atoms with Crippen molar-refractivity contribution in [3.8, 4) is 17.2 Å². The van der Waals surface area contributed by atoms with E-state index in [-0.39, 0.29) is 22.7 Å². The quantitative estimate of drug-likeness (QED) is 0.606. The SMILES string of the molecule is COc1cc(F)ccc1Oc1cc(C(F)(F)F)ccc1C(=O)Nc1cn[nH]c(=O)c1. The molecule has 2 aromatic carbocycles. The van der Waals surface area contributed by atoms with Crippen LogP contribution in [0.1, 0.15) is 15.9 Å². The first kappa shape index (κ1) is 20.8. The third kappa shape index (κ3) is 4.74. The molecule has 0 radical (unpaired) electrons. The van der Waals surface area contributed by atoms with E-state index in [1.54, 1.807) is 0 Å². The number of hydrogen-bond acceptors (Lipinski definition) is 5. The second kappa shape index (κ2) is 8.23. The zero-order chi connectivity index (χ0) is 21.9. The van der Waals surface area contributed by atoms with E-state index in [9.17, 15) is 27.2 Å². The number of anilines is 1. The summed E-state index contributed by atoms with van der Waals surface area (Å²) in [5.74, 6) is -2.15. The molecule has 0 saturated heterocycles. The number of alkyl halides is 3. The number of nitrogens with zero attached hydrogens (tertiary/aromatic N) is 1. The number of ether oxygens (including phenoxy) is 2. The van der Waals surface area contributed by atoms with E-state index in [2.05, 4.69) is 15.5 Å². The van der Waals surface area contributed by atoms with Gasteiger partial charge in [-0.25, -0.2) is 9.49 Å². The summed E-state index contributed by atoms with van der Waals surface area (Å²) in [4.78, 5) is 23.9. The highest BCUT2D eigenvalue weighted by Crippen LogP contribution is 2.38. The molecule has 11 heteroatoms. The van der Waals surface area contributed by atoms with Crippen molar-refractivity contribution in [3.63, 3.8) is 0 Å². The maximum absolute atomic E-state index is 13.4. The van der Waals surface area contributed by atoms with Crippen LogP contribution in [0.2, 0.25) is 0 Å². The molecule has 156 valence electrons. The number of carbonyl (C=O) groups excluding carboxylic acids is 1. The topological polar surface area (TPSA) is 93.3 Å². The molecule has 2 N–H and O–H groups in total. The van der Waals surface area contributed by atoms with Gasteiger partial charge in [0.15, 0.2) is 11.5 Å². The van der Waals surface area contributed by atoms with Gasteiger partial charge in [-0.05, 0) is 30.3 Å². The number of aromatic amines is 1. The zero-order valence-corrected chi connectivity index (χ0v) is 15.2. The van der Waals surface area contributed by atoms with E-state index < -0.39 is 34.8 Å². The molecule has 1 heterocycles. The smallest absolute Gasteiger partial charge is 0.416 e. The van der Waals surface area contributed by atoms with E-state index in [0.717, 1.165) is 36.5 Å². The van der Waals surface area contributed by atoms with Gasteiger partial charge in [0, 0.05) is 12.1 Å². The summed E-state index contributed by atoms with van der Waals surface area (Å²) in [6.07, 6.45) is -3.55. The molecule has 7 nitrogen and oxygen atoms in total. The molecule has 3 aromatic rings. The van der Waals surface area contributed by atoms with Crippen LogP contribution in [0.3, 0.4) is 0 Å². The van der Waals surface area contributed by atoms with Crippen LogP contribution in [0.4, 0.5) is 23.2 Å². The zero-order valence-electron chi connectivity index (χ0n) is 15.2. The second-order valence-corrected chi connectivity index (χ2v) is 5.89. The average molecular weight is 423 g/mol. The summed E-state index contributed by atoms with van der Waals surface area (Å²) in [6, 6.07) is 6.45. The average Bonchev–Trinajstić information content (AvgIpc) is 2.68. The largest absolute Gasteiger partial charge is 0.493 e. The van der Waals surface area contributed by atoms with Crippen LogP contribution in [-0.2, 0) is 6.18 Å². The fourth-order valence-corrected chi connectivity index (χ4v) is 2.46. The van der Waals surface area contributed by atoms with Crippen molar-refractivity contribution in [2.45, 2.75) is 6.18 Å². The fraction of sp³-hybridized carbons (Fsp3) is 0.105. The van der Waals surface area contributed by atoms with Crippen LogP contribution in [0.15, 0.2) is 53.5 Å². The van der Waals surface area contributed by atoms with Crippen LogP contribution >= 0.6 is 0 Å². The molecule has 1 aromatic heterocycles. The Balaban J connectivity index is 2.02. The number of hydrogen-bond donors (Lipinski definition) is 2. The van der Waals surface area contributed by atoms with Gasteiger partial charge in [-0.15, -0.1) is 0 Å². The van der Waals surface area contributed by atoms with Gasteiger partial charge in [-0.1, -0.05) is 0 Å². The number of halogens is 4. The molecule has 30 heavy (non-hydrogen) atoms. The minimum absolute atomic E-state index is 0.0222. The summed E-state index contributed by atoms with van der Waals surface area (Å²) < 4.78 is 63.3. The molecular weight excluding hydrogens is 410 g/mol. The molecule has 0 spiro atoms. The number of amides is 1. The number of methoxy groups -OCH3 is 1. The monoisotopic (exact) mass is 423 g/mol.